The van der Waals surface area contributed by atoms with Gasteiger partial charge < -0.3 is 4.90 Å². The van der Waals surface area contributed by atoms with Gasteiger partial charge in [-0.1, -0.05) is 48.0 Å². The molecular weight excluding hydrogens is 338 g/mol. The zero-order valence-corrected chi connectivity index (χ0v) is 14.8. The van der Waals surface area contributed by atoms with Gasteiger partial charge in [0.2, 0.25) is 11.7 Å². The van der Waals surface area contributed by atoms with Crippen molar-refractivity contribution in [3.63, 3.8) is 0 Å². The summed E-state index contributed by atoms with van der Waals surface area (Å²) in [5.41, 5.74) is 2.98. The fourth-order valence-corrected chi connectivity index (χ4v) is 2.56. The van der Waals surface area contributed by atoms with Crippen molar-refractivity contribution in [3.8, 4) is 11.4 Å². The van der Waals surface area contributed by atoms with Crippen molar-refractivity contribution in [2.45, 2.75) is 20.0 Å². The van der Waals surface area contributed by atoms with Crippen LogP contribution in [0.25, 0.3) is 11.4 Å². The van der Waals surface area contributed by atoms with Gasteiger partial charge in [-0.15, -0.1) is 10.2 Å². The SMILES string of the molecule is Cc1ccccc1-c1nnn(CC(=O)N(C)Cc2ccc(Cl)cc2)n1. The Labute approximate surface area is 151 Å². The normalized spacial score (nSPS) is 10.7. The minimum absolute atomic E-state index is 0.0446. The van der Waals surface area contributed by atoms with Gasteiger partial charge in [-0.2, -0.15) is 4.80 Å². The van der Waals surface area contributed by atoms with Crippen LogP contribution in [0.1, 0.15) is 11.1 Å². The number of carbonyl (C=O) groups is 1. The number of rotatable bonds is 5. The number of aryl methyl sites for hydroxylation is 1. The summed E-state index contributed by atoms with van der Waals surface area (Å²) in [7, 11) is 1.75. The highest BCUT2D eigenvalue weighted by Gasteiger charge is 2.14. The average Bonchev–Trinajstić information content (AvgIpc) is 3.05. The molecule has 0 aliphatic heterocycles. The average molecular weight is 356 g/mol. The van der Waals surface area contributed by atoms with Crippen molar-refractivity contribution >= 4 is 17.5 Å². The molecule has 1 heterocycles. The molecule has 1 amide bonds. The molecule has 2 aromatic carbocycles. The number of carbonyl (C=O) groups excluding carboxylic acids is 1. The third-order valence-corrected chi connectivity index (χ3v) is 4.13. The fourth-order valence-electron chi connectivity index (χ4n) is 2.44. The van der Waals surface area contributed by atoms with Gasteiger partial charge in [-0.25, -0.2) is 0 Å². The molecule has 0 fully saturated rings. The Morgan fingerprint density at radius 3 is 2.60 bits per heavy atom. The number of tetrazole rings is 1. The van der Waals surface area contributed by atoms with E-state index in [-0.39, 0.29) is 12.5 Å². The molecule has 0 unspecified atom stereocenters. The largest absolute Gasteiger partial charge is 0.340 e. The summed E-state index contributed by atoms with van der Waals surface area (Å²) in [6, 6.07) is 15.2. The smallest absolute Gasteiger partial charge is 0.246 e. The molecule has 0 bridgehead atoms. The summed E-state index contributed by atoms with van der Waals surface area (Å²) >= 11 is 5.87. The quantitative estimate of drug-likeness (QED) is 0.705. The summed E-state index contributed by atoms with van der Waals surface area (Å²) < 4.78 is 0. The van der Waals surface area contributed by atoms with E-state index in [4.69, 9.17) is 11.6 Å². The summed E-state index contributed by atoms with van der Waals surface area (Å²) in [5, 5.41) is 13.0. The third kappa shape index (κ3) is 4.22. The molecule has 0 spiro atoms. The first-order chi connectivity index (χ1) is 12.0. The highest BCUT2D eigenvalue weighted by Crippen LogP contribution is 2.17. The molecule has 0 aliphatic carbocycles. The highest BCUT2D eigenvalue weighted by atomic mass is 35.5. The Bertz CT molecular complexity index is 875. The molecule has 1 aromatic heterocycles. The van der Waals surface area contributed by atoms with E-state index in [2.05, 4.69) is 15.4 Å². The Hall–Kier alpha value is -2.73. The fraction of sp³-hybridized carbons (Fsp3) is 0.222. The van der Waals surface area contributed by atoms with Crippen molar-refractivity contribution in [1.29, 1.82) is 0 Å². The van der Waals surface area contributed by atoms with E-state index in [9.17, 15) is 4.79 Å². The molecular formula is C18H18ClN5O. The maximum Gasteiger partial charge on any atom is 0.246 e. The number of nitrogens with zero attached hydrogens (tertiary/aromatic N) is 5. The van der Waals surface area contributed by atoms with Crippen LogP contribution in [0.4, 0.5) is 0 Å². The van der Waals surface area contributed by atoms with E-state index in [0.29, 0.717) is 17.4 Å². The van der Waals surface area contributed by atoms with E-state index in [0.717, 1.165) is 16.7 Å². The molecule has 3 aromatic rings. The Kier molecular flexibility index (Phi) is 5.09. The van der Waals surface area contributed by atoms with Crippen molar-refractivity contribution in [1.82, 2.24) is 25.1 Å². The predicted molar refractivity (Wildman–Crippen MR) is 95.9 cm³/mol. The van der Waals surface area contributed by atoms with Crippen LogP contribution in [0, 0.1) is 6.92 Å². The topological polar surface area (TPSA) is 63.9 Å². The van der Waals surface area contributed by atoms with E-state index in [1.54, 1.807) is 11.9 Å². The molecule has 0 saturated carbocycles. The van der Waals surface area contributed by atoms with Crippen molar-refractivity contribution in [2.24, 2.45) is 0 Å². The van der Waals surface area contributed by atoms with Crippen molar-refractivity contribution in [3.05, 3.63) is 64.7 Å². The standard InChI is InChI=1S/C18H18ClN5O/c1-13-5-3-4-6-16(13)18-20-22-24(21-18)12-17(25)23(2)11-14-7-9-15(19)10-8-14/h3-10H,11-12H2,1-2H3. The molecule has 3 rings (SSSR count). The Morgan fingerprint density at radius 2 is 1.88 bits per heavy atom. The van der Waals surface area contributed by atoms with E-state index in [1.807, 2.05) is 55.5 Å². The molecule has 25 heavy (non-hydrogen) atoms. The monoisotopic (exact) mass is 355 g/mol. The lowest BCUT2D eigenvalue weighted by molar-refractivity contribution is -0.131. The van der Waals surface area contributed by atoms with Crippen LogP contribution in [0.15, 0.2) is 48.5 Å². The number of amides is 1. The van der Waals surface area contributed by atoms with Gasteiger partial charge in [0, 0.05) is 24.2 Å². The molecule has 0 atom stereocenters. The van der Waals surface area contributed by atoms with Crippen molar-refractivity contribution in [2.75, 3.05) is 7.05 Å². The molecule has 7 heteroatoms. The molecule has 0 saturated heterocycles. The zero-order valence-electron chi connectivity index (χ0n) is 14.1. The second-order valence-corrected chi connectivity index (χ2v) is 6.27. The minimum atomic E-state index is -0.0938. The van der Waals surface area contributed by atoms with E-state index < -0.39 is 0 Å². The van der Waals surface area contributed by atoms with E-state index >= 15 is 0 Å². The second kappa shape index (κ2) is 7.44. The van der Waals surface area contributed by atoms with Crippen LogP contribution in [0.2, 0.25) is 5.02 Å². The summed E-state index contributed by atoms with van der Waals surface area (Å²) in [5.74, 6) is 0.426. The van der Waals surface area contributed by atoms with Crippen LogP contribution in [0.3, 0.4) is 0 Å². The number of likely N-dealkylation sites (N-methyl/N-ethyl adjacent to an activating group) is 1. The Balaban J connectivity index is 1.65. The van der Waals surface area contributed by atoms with Crippen LogP contribution in [-0.4, -0.2) is 38.1 Å². The zero-order chi connectivity index (χ0) is 17.8. The summed E-state index contributed by atoms with van der Waals surface area (Å²) in [6.07, 6.45) is 0. The highest BCUT2D eigenvalue weighted by molar-refractivity contribution is 6.30. The minimum Gasteiger partial charge on any atom is -0.340 e. The van der Waals surface area contributed by atoms with Gasteiger partial charge in [-0.3, -0.25) is 4.79 Å². The van der Waals surface area contributed by atoms with Crippen LogP contribution in [-0.2, 0) is 17.9 Å². The lowest BCUT2D eigenvalue weighted by atomic mass is 10.1. The second-order valence-electron chi connectivity index (χ2n) is 5.83. The number of hydrogen-bond donors (Lipinski definition) is 0. The van der Waals surface area contributed by atoms with Crippen LogP contribution < -0.4 is 0 Å². The lowest BCUT2D eigenvalue weighted by Crippen LogP contribution is -2.30. The van der Waals surface area contributed by atoms with Gasteiger partial charge in [0.05, 0.1) is 0 Å². The maximum absolute atomic E-state index is 12.4. The van der Waals surface area contributed by atoms with Crippen LogP contribution in [0.5, 0.6) is 0 Å². The lowest BCUT2D eigenvalue weighted by Gasteiger charge is -2.16. The molecule has 0 radical (unpaired) electrons. The third-order valence-electron chi connectivity index (χ3n) is 3.87. The summed E-state index contributed by atoms with van der Waals surface area (Å²) in [6.45, 7) is 2.53. The molecule has 128 valence electrons. The number of halogens is 1. The number of hydrogen-bond acceptors (Lipinski definition) is 4. The van der Waals surface area contributed by atoms with Crippen LogP contribution >= 0.6 is 11.6 Å². The van der Waals surface area contributed by atoms with Gasteiger partial charge in [-0.05, 0) is 35.4 Å². The Morgan fingerprint density at radius 1 is 1.16 bits per heavy atom. The molecule has 6 nitrogen and oxygen atoms in total. The predicted octanol–water partition coefficient (Wildman–Crippen LogP) is 2.96. The maximum atomic E-state index is 12.4. The van der Waals surface area contributed by atoms with Gasteiger partial charge in [0.1, 0.15) is 6.54 Å². The van der Waals surface area contributed by atoms with Gasteiger partial charge in [0.15, 0.2) is 0 Å². The van der Waals surface area contributed by atoms with Crippen molar-refractivity contribution < 1.29 is 4.79 Å². The first-order valence-electron chi connectivity index (χ1n) is 7.85. The van der Waals surface area contributed by atoms with E-state index in [1.165, 1.54) is 4.80 Å². The number of benzene rings is 2. The first kappa shape index (κ1) is 17.1. The summed E-state index contributed by atoms with van der Waals surface area (Å²) in [4.78, 5) is 15.3. The number of aromatic nitrogens is 4. The van der Waals surface area contributed by atoms with Gasteiger partial charge >= 0.3 is 0 Å². The molecule has 0 N–H and O–H groups in total. The molecule has 0 aliphatic rings. The first-order valence-corrected chi connectivity index (χ1v) is 8.23. The van der Waals surface area contributed by atoms with Gasteiger partial charge in [0.25, 0.3) is 0 Å².